The van der Waals surface area contributed by atoms with Gasteiger partial charge in [0.25, 0.3) is 0 Å². The Morgan fingerprint density at radius 2 is 2.17 bits per heavy atom. The average molecular weight is 248 g/mol. The minimum atomic E-state index is -0.601. The number of carbonyl (C=O) groups is 1. The fourth-order valence-corrected chi connectivity index (χ4v) is 2.19. The van der Waals surface area contributed by atoms with Crippen LogP contribution >= 0.6 is 0 Å². The van der Waals surface area contributed by atoms with Gasteiger partial charge in [0.05, 0.1) is 6.61 Å². The van der Waals surface area contributed by atoms with Crippen LogP contribution in [0.4, 0.5) is 0 Å². The lowest BCUT2D eigenvalue weighted by Gasteiger charge is -2.21. The third kappa shape index (κ3) is 3.09. The molecule has 3 unspecified atom stereocenters. The van der Waals surface area contributed by atoms with Gasteiger partial charge in [0.1, 0.15) is 6.04 Å². The van der Waals surface area contributed by atoms with Gasteiger partial charge in [0.15, 0.2) is 0 Å². The van der Waals surface area contributed by atoms with Crippen LogP contribution in [0.1, 0.15) is 24.9 Å². The Hall–Kier alpha value is -1.39. The monoisotopic (exact) mass is 248 g/mol. The van der Waals surface area contributed by atoms with E-state index < -0.39 is 6.04 Å². The molecule has 0 radical (unpaired) electrons. The van der Waals surface area contributed by atoms with Gasteiger partial charge in [-0.15, -0.1) is 0 Å². The number of nitrogens with two attached hydrogens (primary N) is 1. The molecule has 1 saturated heterocycles. The molecule has 4 heteroatoms. The fourth-order valence-electron chi connectivity index (χ4n) is 2.19. The molecule has 18 heavy (non-hydrogen) atoms. The SMILES string of the molecule is CC(NC(=O)C(N)c1ccccc1)C1CCOC1. The van der Waals surface area contributed by atoms with E-state index >= 15 is 0 Å². The van der Waals surface area contributed by atoms with Crippen molar-refractivity contribution < 1.29 is 9.53 Å². The molecule has 4 nitrogen and oxygen atoms in total. The predicted octanol–water partition coefficient (Wildman–Crippen LogP) is 1.23. The van der Waals surface area contributed by atoms with E-state index in [-0.39, 0.29) is 11.9 Å². The molecule has 0 spiro atoms. The summed E-state index contributed by atoms with van der Waals surface area (Å²) < 4.78 is 5.32. The summed E-state index contributed by atoms with van der Waals surface area (Å²) >= 11 is 0. The summed E-state index contributed by atoms with van der Waals surface area (Å²) in [5.41, 5.74) is 6.78. The Morgan fingerprint density at radius 1 is 1.44 bits per heavy atom. The van der Waals surface area contributed by atoms with E-state index in [1.54, 1.807) is 0 Å². The molecule has 3 atom stereocenters. The largest absolute Gasteiger partial charge is 0.381 e. The van der Waals surface area contributed by atoms with Crippen LogP contribution in [0, 0.1) is 5.92 Å². The topological polar surface area (TPSA) is 64.4 Å². The fraction of sp³-hybridized carbons (Fsp3) is 0.500. The highest BCUT2D eigenvalue weighted by Crippen LogP contribution is 2.17. The maximum atomic E-state index is 12.0. The van der Waals surface area contributed by atoms with E-state index in [4.69, 9.17) is 10.5 Å². The number of nitrogens with one attached hydrogen (secondary N) is 1. The molecular formula is C14H20N2O2. The van der Waals surface area contributed by atoms with Crippen LogP contribution < -0.4 is 11.1 Å². The van der Waals surface area contributed by atoms with Gasteiger partial charge < -0.3 is 15.8 Å². The minimum Gasteiger partial charge on any atom is -0.381 e. The third-order valence-electron chi connectivity index (χ3n) is 3.48. The van der Waals surface area contributed by atoms with Crippen molar-refractivity contribution in [1.82, 2.24) is 5.32 Å². The normalized spacial score (nSPS) is 22.4. The number of benzene rings is 1. The molecule has 1 aromatic carbocycles. The molecule has 98 valence electrons. The van der Waals surface area contributed by atoms with Crippen LogP contribution in [0.2, 0.25) is 0 Å². The van der Waals surface area contributed by atoms with Crippen molar-refractivity contribution in [2.24, 2.45) is 11.7 Å². The third-order valence-corrected chi connectivity index (χ3v) is 3.48. The van der Waals surface area contributed by atoms with E-state index in [1.165, 1.54) is 0 Å². The van der Waals surface area contributed by atoms with Gasteiger partial charge in [0.2, 0.25) is 5.91 Å². The Labute approximate surface area is 108 Å². The standard InChI is InChI=1S/C14H20N2O2/c1-10(12-7-8-18-9-12)16-14(17)13(15)11-5-3-2-4-6-11/h2-6,10,12-13H,7-9,15H2,1H3,(H,16,17). The highest BCUT2D eigenvalue weighted by molar-refractivity contribution is 5.83. The van der Waals surface area contributed by atoms with Crippen molar-refractivity contribution in [3.8, 4) is 0 Å². The number of carbonyl (C=O) groups excluding carboxylic acids is 1. The van der Waals surface area contributed by atoms with Gasteiger partial charge in [-0.05, 0) is 18.9 Å². The summed E-state index contributed by atoms with van der Waals surface area (Å²) in [4.78, 5) is 12.0. The molecule has 1 heterocycles. The molecule has 0 bridgehead atoms. The molecular weight excluding hydrogens is 228 g/mol. The van der Waals surface area contributed by atoms with Crippen LogP contribution in [-0.4, -0.2) is 25.2 Å². The molecule has 1 aliphatic rings. The maximum absolute atomic E-state index is 12.0. The molecule has 2 rings (SSSR count). The first-order valence-electron chi connectivity index (χ1n) is 6.37. The highest BCUT2D eigenvalue weighted by atomic mass is 16.5. The summed E-state index contributed by atoms with van der Waals surface area (Å²) in [7, 11) is 0. The summed E-state index contributed by atoms with van der Waals surface area (Å²) in [6.07, 6.45) is 1.00. The first-order valence-corrected chi connectivity index (χ1v) is 6.37. The summed E-state index contributed by atoms with van der Waals surface area (Å²) in [6, 6.07) is 8.92. The Balaban J connectivity index is 1.91. The van der Waals surface area contributed by atoms with Crippen molar-refractivity contribution in [2.45, 2.75) is 25.4 Å². The Morgan fingerprint density at radius 3 is 2.78 bits per heavy atom. The second-order valence-electron chi connectivity index (χ2n) is 4.81. The number of hydrogen-bond acceptors (Lipinski definition) is 3. The molecule has 1 fully saturated rings. The van der Waals surface area contributed by atoms with Crippen molar-refractivity contribution in [3.63, 3.8) is 0 Å². The van der Waals surface area contributed by atoms with Crippen molar-refractivity contribution in [3.05, 3.63) is 35.9 Å². The molecule has 1 aromatic rings. The van der Waals surface area contributed by atoms with Crippen LogP contribution in [0.25, 0.3) is 0 Å². The van der Waals surface area contributed by atoms with Gasteiger partial charge in [-0.2, -0.15) is 0 Å². The highest BCUT2D eigenvalue weighted by Gasteiger charge is 2.25. The molecule has 0 aromatic heterocycles. The van der Waals surface area contributed by atoms with E-state index in [1.807, 2.05) is 37.3 Å². The Bertz CT molecular complexity index is 388. The van der Waals surface area contributed by atoms with E-state index in [2.05, 4.69) is 5.32 Å². The smallest absolute Gasteiger partial charge is 0.241 e. The predicted molar refractivity (Wildman–Crippen MR) is 69.9 cm³/mol. The first-order chi connectivity index (χ1) is 8.68. The second kappa shape index (κ2) is 5.98. The van der Waals surface area contributed by atoms with E-state index in [9.17, 15) is 4.79 Å². The zero-order valence-electron chi connectivity index (χ0n) is 10.6. The number of rotatable bonds is 4. The molecule has 0 aliphatic carbocycles. The number of ether oxygens (including phenoxy) is 1. The molecule has 0 saturated carbocycles. The lowest BCUT2D eigenvalue weighted by atomic mass is 9.99. The lowest BCUT2D eigenvalue weighted by Crippen LogP contribution is -2.43. The summed E-state index contributed by atoms with van der Waals surface area (Å²) in [6.45, 7) is 3.52. The Kier molecular flexibility index (Phi) is 4.33. The number of hydrogen-bond donors (Lipinski definition) is 2. The van der Waals surface area contributed by atoms with Crippen molar-refractivity contribution in [1.29, 1.82) is 0 Å². The minimum absolute atomic E-state index is 0.106. The zero-order chi connectivity index (χ0) is 13.0. The quantitative estimate of drug-likeness (QED) is 0.842. The molecule has 1 aliphatic heterocycles. The number of amides is 1. The van der Waals surface area contributed by atoms with Gasteiger partial charge in [-0.1, -0.05) is 30.3 Å². The average Bonchev–Trinajstić information content (AvgIpc) is 2.92. The van der Waals surface area contributed by atoms with Gasteiger partial charge in [0, 0.05) is 18.6 Å². The van der Waals surface area contributed by atoms with Crippen LogP contribution in [0.15, 0.2) is 30.3 Å². The van der Waals surface area contributed by atoms with Crippen molar-refractivity contribution >= 4 is 5.91 Å². The van der Waals surface area contributed by atoms with Crippen molar-refractivity contribution in [2.75, 3.05) is 13.2 Å². The first kappa shape index (κ1) is 13.1. The molecule has 3 N–H and O–H groups in total. The lowest BCUT2D eigenvalue weighted by molar-refractivity contribution is -0.123. The van der Waals surface area contributed by atoms with Crippen LogP contribution in [0.3, 0.4) is 0 Å². The summed E-state index contributed by atoms with van der Waals surface area (Å²) in [5.74, 6) is 0.275. The molecule has 1 amide bonds. The van der Waals surface area contributed by atoms with Crippen LogP contribution in [-0.2, 0) is 9.53 Å². The van der Waals surface area contributed by atoms with Gasteiger partial charge >= 0.3 is 0 Å². The maximum Gasteiger partial charge on any atom is 0.241 e. The second-order valence-corrected chi connectivity index (χ2v) is 4.81. The van der Waals surface area contributed by atoms with E-state index in [0.717, 1.165) is 25.2 Å². The van der Waals surface area contributed by atoms with E-state index in [0.29, 0.717) is 5.92 Å². The zero-order valence-corrected chi connectivity index (χ0v) is 10.6. The van der Waals surface area contributed by atoms with Crippen LogP contribution in [0.5, 0.6) is 0 Å². The van der Waals surface area contributed by atoms with Gasteiger partial charge in [-0.3, -0.25) is 4.79 Å². The summed E-state index contributed by atoms with van der Waals surface area (Å²) in [5, 5.41) is 2.98. The van der Waals surface area contributed by atoms with Gasteiger partial charge in [-0.25, -0.2) is 0 Å².